The van der Waals surface area contributed by atoms with Crippen molar-refractivity contribution in [3.8, 4) is 28.7 Å². The first kappa shape index (κ1) is 57.0. The molecule has 7 aliphatic rings. The lowest BCUT2D eigenvalue weighted by molar-refractivity contribution is -0.135. The summed E-state index contributed by atoms with van der Waals surface area (Å²) in [6, 6.07) is 24.0. The van der Waals surface area contributed by atoms with Crippen LogP contribution in [0.2, 0.25) is 10.0 Å². The molecule has 0 aromatic heterocycles. The molecule has 0 bridgehead atoms. The maximum atomic E-state index is 13.6. The molecule has 20 heteroatoms. The summed E-state index contributed by atoms with van der Waals surface area (Å²) in [7, 11) is 2.85. The molecule has 6 atom stereocenters. The van der Waals surface area contributed by atoms with Crippen molar-refractivity contribution in [3.63, 3.8) is 0 Å². The van der Waals surface area contributed by atoms with Gasteiger partial charge in [0.15, 0.2) is 28.7 Å². The number of benzene rings is 4. The predicted octanol–water partition coefficient (Wildman–Crippen LogP) is 10.2. The second-order valence-electron chi connectivity index (χ2n) is 23.5. The van der Waals surface area contributed by atoms with Crippen LogP contribution < -0.4 is 26.4 Å². The Morgan fingerprint density at radius 2 is 1.19 bits per heavy atom. The first-order valence-corrected chi connectivity index (χ1v) is 27.7. The summed E-state index contributed by atoms with van der Waals surface area (Å²) in [5.74, 6) is 2.09. The molecule has 4 N–H and O–H groups in total. The second kappa shape index (κ2) is 21.1. The number of guanidine groups is 2. The summed E-state index contributed by atoms with van der Waals surface area (Å²) in [5.41, 5.74) is 13.6. The molecule has 4 aromatic rings. The summed E-state index contributed by atoms with van der Waals surface area (Å²) < 4.78 is 37.4. The van der Waals surface area contributed by atoms with E-state index in [4.69, 9.17) is 74.5 Å². The Morgan fingerprint density at radius 3 is 1.67 bits per heavy atom. The fourth-order valence-electron chi connectivity index (χ4n) is 11.6. The Kier molecular flexibility index (Phi) is 15.4. The van der Waals surface area contributed by atoms with E-state index in [0.717, 1.165) is 52.3 Å². The van der Waals surface area contributed by atoms with Gasteiger partial charge >= 0.3 is 7.12 Å². The third-order valence-corrected chi connectivity index (χ3v) is 17.3. The number of rotatable bonds is 4. The van der Waals surface area contributed by atoms with E-state index in [1.165, 1.54) is 9.80 Å². The summed E-state index contributed by atoms with van der Waals surface area (Å²) in [4.78, 5) is 42.4. The molecular formula is C58H66BBrCl2N8O8. The van der Waals surface area contributed by atoms with Crippen LogP contribution >= 0.6 is 39.1 Å². The van der Waals surface area contributed by atoms with Gasteiger partial charge in [0.25, 0.3) is 11.8 Å². The van der Waals surface area contributed by atoms with Gasteiger partial charge in [-0.2, -0.15) is 5.26 Å². The van der Waals surface area contributed by atoms with E-state index in [2.05, 4.69) is 59.5 Å². The van der Waals surface area contributed by atoms with Crippen molar-refractivity contribution < 1.29 is 37.8 Å². The van der Waals surface area contributed by atoms with E-state index in [9.17, 15) is 14.9 Å². The standard InChI is InChI=1S/C26H27ClN4O3.C19H24BrN3O3.C13H15BClNO2/c1-25(2)12-17(6-7-33-25)22-13-26(23(32)31(3)24(29)30-26)20-11-16(4-5-21(20)34-22)18-8-15(14-28)9-19(27)10-18;1-18(2)9-11(6-7-25-18)15-10-19(16(24)23(3)17(21)22-19)13-8-12(20)4-5-14(13)26-15;1-12(2)13(3,4)18-14(17-12)9-6-10(15)8-11(7-9)16-5/h4-5,8-11,17,22H,6-7,12-13H2,1-3H3,(H2,29,30);4-5,8,11,15H,6-7,9-10H2,1-3H3,(H2,21,22);6-8H,1-4H3. The van der Waals surface area contributed by atoms with E-state index in [1.807, 2.05) is 64.1 Å². The van der Waals surface area contributed by atoms with Gasteiger partial charge < -0.3 is 39.7 Å². The van der Waals surface area contributed by atoms with Crippen molar-refractivity contribution in [2.45, 2.75) is 140 Å². The molecule has 3 fully saturated rings. The number of hydrogen-bond donors (Lipinski definition) is 2. The zero-order valence-electron chi connectivity index (χ0n) is 45.7. The number of fused-ring (bicyclic) bond motifs is 4. The number of aliphatic imine (C=N–C) groups is 2. The van der Waals surface area contributed by atoms with Crippen LogP contribution in [-0.2, 0) is 39.4 Å². The van der Waals surface area contributed by atoms with Gasteiger partial charge in [-0.1, -0.05) is 51.3 Å². The lowest BCUT2D eigenvalue weighted by Crippen LogP contribution is -2.49. The molecule has 78 heavy (non-hydrogen) atoms. The maximum Gasteiger partial charge on any atom is 0.493 e. The van der Waals surface area contributed by atoms with Gasteiger partial charge in [-0.3, -0.25) is 19.4 Å². The molecule has 7 aliphatic heterocycles. The summed E-state index contributed by atoms with van der Waals surface area (Å²) in [5, 5.41) is 10.3. The SMILES string of the molecule is CN1C(=O)C2(CC(C3CCOC(C)(C)C3)Oc3ccc(-c4cc(Cl)cc(C#N)c4)cc32)N=C1N.CN1C(=O)C2(CC(C3CCOC(C)(C)C3)Oc3ccc(Br)cc32)N=C1N.[C-]#[N+]c1cc(Cl)cc(B2OC(C)(C)C(C)(C)O2)c1. The van der Waals surface area contributed by atoms with Crippen molar-refractivity contribution in [1.29, 1.82) is 5.26 Å². The molecule has 2 spiro atoms. The lowest BCUT2D eigenvalue weighted by atomic mass is 9.74. The topological polar surface area (TPSA) is 201 Å². The van der Waals surface area contributed by atoms with Crippen LogP contribution in [0.4, 0.5) is 5.69 Å². The van der Waals surface area contributed by atoms with Crippen molar-refractivity contribution in [2.75, 3.05) is 27.3 Å². The first-order valence-electron chi connectivity index (χ1n) is 26.2. The number of halogens is 3. The van der Waals surface area contributed by atoms with Gasteiger partial charge in [-0.25, -0.2) is 14.8 Å². The Hall–Kier alpha value is -5.70. The quantitative estimate of drug-likeness (QED) is 0.146. The number of nitriles is 1. The Bertz CT molecular complexity index is 3200. The molecule has 16 nitrogen and oxygen atoms in total. The third-order valence-electron chi connectivity index (χ3n) is 16.4. The van der Waals surface area contributed by atoms with Crippen LogP contribution in [0, 0.1) is 29.7 Å². The number of nitrogens with two attached hydrogens (primary N) is 2. The first-order chi connectivity index (χ1) is 36.6. The average Bonchev–Trinajstić information content (AvgIpc) is 4.03. The highest BCUT2D eigenvalue weighted by Gasteiger charge is 2.57. The van der Waals surface area contributed by atoms with Crippen molar-refractivity contribution in [2.24, 2.45) is 33.3 Å². The maximum absolute atomic E-state index is 13.6. The van der Waals surface area contributed by atoms with Crippen LogP contribution in [0.15, 0.2) is 87.3 Å². The lowest BCUT2D eigenvalue weighted by Gasteiger charge is -2.44. The molecule has 3 saturated heterocycles. The van der Waals surface area contributed by atoms with Gasteiger partial charge in [0.05, 0.1) is 40.6 Å². The number of ether oxygens (including phenoxy) is 4. The molecule has 0 saturated carbocycles. The van der Waals surface area contributed by atoms with Crippen molar-refractivity contribution in [1.82, 2.24) is 9.80 Å². The fourth-order valence-corrected chi connectivity index (χ4v) is 12.4. The van der Waals surface area contributed by atoms with Gasteiger partial charge in [0, 0.05) is 77.6 Å². The molecular weight excluding hydrogens is 1100 g/mol. The molecule has 4 aromatic carbocycles. The molecule has 11 rings (SSSR count). The number of hydrogen-bond acceptors (Lipinski definition) is 13. The fraction of sp³-hybridized carbons (Fsp3) is 0.483. The van der Waals surface area contributed by atoms with Crippen molar-refractivity contribution >= 4 is 81.1 Å². The number of likely N-dealkylation sites (N-methyl/N-ethyl adjacent to an activating group) is 2. The van der Waals surface area contributed by atoms with Crippen LogP contribution in [0.1, 0.15) is 111 Å². The molecule has 0 radical (unpaired) electrons. The molecule has 2 amide bonds. The van der Waals surface area contributed by atoms with Crippen LogP contribution in [0.25, 0.3) is 16.0 Å². The van der Waals surface area contributed by atoms with Gasteiger partial charge in [0.2, 0.25) is 0 Å². The van der Waals surface area contributed by atoms with E-state index in [1.54, 1.807) is 50.5 Å². The van der Waals surface area contributed by atoms with Crippen LogP contribution in [0.3, 0.4) is 0 Å². The highest BCUT2D eigenvalue weighted by atomic mass is 79.9. The third kappa shape index (κ3) is 11.0. The normalized spacial score (nSPS) is 27.9. The molecule has 7 heterocycles. The Balaban J connectivity index is 0.000000149. The summed E-state index contributed by atoms with van der Waals surface area (Å²) in [6.45, 7) is 24.8. The predicted molar refractivity (Wildman–Crippen MR) is 305 cm³/mol. The summed E-state index contributed by atoms with van der Waals surface area (Å²) in [6.07, 6.45) is 4.13. The smallest absolute Gasteiger partial charge is 0.490 e. The molecule has 0 aliphatic carbocycles. The highest BCUT2D eigenvalue weighted by Crippen LogP contribution is 2.52. The zero-order chi connectivity index (χ0) is 56.5. The number of carbonyl (C=O) groups is 2. The minimum Gasteiger partial charge on any atom is -0.490 e. The average molecular weight is 1160 g/mol. The largest absolute Gasteiger partial charge is 0.493 e. The van der Waals surface area contributed by atoms with E-state index < -0.39 is 29.4 Å². The zero-order valence-corrected chi connectivity index (χ0v) is 48.8. The number of nitrogens with zero attached hydrogens (tertiary/aromatic N) is 6. The van der Waals surface area contributed by atoms with Gasteiger partial charge in [0.1, 0.15) is 23.7 Å². The van der Waals surface area contributed by atoms with E-state index in [-0.39, 0.29) is 53.1 Å². The number of carbonyl (C=O) groups excluding carboxylic acids is 2. The molecule has 410 valence electrons. The van der Waals surface area contributed by atoms with Crippen LogP contribution in [0.5, 0.6) is 11.5 Å². The van der Waals surface area contributed by atoms with Crippen LogP contribution in [-0.4, -0.2) is 103 Å². The summed E-state index contributed by atoms with van der Waals surface area (Å²) >= 11 is 15.7. The second-order valence-corrected chi connectivity index (χ2v) is 25.3. The van der Waals surface area contributed by atoms with E-state index >= 15 is 0 Å². The molecule has 6 unspecified atom stereocenters. The van der Waals surface area contributed by atoms with E-state index in [0.29, 0.717) is 70.3 Å². The Labute approximate surface area is 475 Å². The monoisotopic (exact) mass is 1160 g/mol. The minimum atomic E-state index is -1.15. The minimum absolute atomic E-state index is 0.0889. The van der Waals surface area contributed by atoms with Crippen molar-refractivity contribution in [3.05, 3.63) is 115 Å². The van der Waals surface area contributed by atoms with Gasteiger partial charge in [-0.15, -0.1) is 0 Å². The van der Waals surface area contributed by atoms with Gasteiger partial charge in [-0.05, 0) is 158 Å². The highest BCUT2D eigenvalue weighted by molar-refractivity contribution is 9.10. The number of amides is 2. The Morgan fingerprint density at radius 1 is 0.692 bits per heavy atom.